The van der Waals surface area contributed by atoms with E-state index in [1.54, 1.807) is 0 Å². The number of aliphatic hydroxyl groups excluding tert-OH is 1. The monoisotopic (exact) mass is 436 g/mol. The lowest BCUT2D eigenvalue weighted by molar-refractivity contribution is -0.212. The fraction of sp³-hybridized carbons (Fsp3) is 0.840. The van der Waals surface area contributed by atoms with Crippen LogP contribution in [0.4, 0.5) is 0 Å². The summed E-state index contributed by atoms with van der Waals surface area (Å²) in [5, 5.41) is 20.7. The Bertz CT molecular complexity index is 755. The second kappa shape index (κ2) is 8.18. The van der Waals surface area contributed by atoms with Gasteiger partial charge in [0.25, 0.3) is 0 Å². The number of carboxylic acids is 1. The molecule has 0 aromatic rings. The number of carbonyl (C=O) groups is 2. The van der Waals surface area contributed by atoms with E-state index in [0.717, 1.165) is 24.8 Å². The minimum Gasteiger partial charge on any atom is -0.481 e. The largest absolute Gasteiger partial charge is 0.481 e. The number of carboxylic acid groups (broad SMARTS) is 1. The van der Waals surface area contributed by atoms with Gasteiger partial charge in [-0.1, -0.05) is 47.1 Å². The number of fused-ring (bicyclic) bond motifs is 2. The smallest absolute Gasteiger partial charge is 0.306 e. The number of aliphatic hydroxyl groups is 1. The molecule has 2 N–H and O–H groups in total. The fourth-order valence-electron chi connectivity index (χ4n) is 6.93. The average Bonchev–Trinajstić information content (AvgIpc) is 2.94. The highest BCUT2D eigenvalue weighted by Gasteiger charge is 2.67. The van der Waals surface area contributed by atoms with Crippen LogP contribution in [0.5, 0.6) is 0 Å². The summed E-state index contributed by atoms with van der Waals surface area (Å²) in [6, 6.07) is 0. The molecule has 6 heteroatoms. The third-order valence-corrected chi connectivity index (χ3v) is 8.12. The minimum absolute atomic E-state index is 0.0176. The van der Waals surface area contributed by atoms with Crippen molar-refractivity contribution in [1.29, 1.82) is 0 Å². The second-order valence-electron chi connectivity index (χ2n) is 11.6. The zero-order valence-corrected chi connectivity index (χ0v) is 20.0. The Labute approximate surface area is 186 Å². The summed E-state index contributed by atoms with van der Waals surface area (Å²) in [7, 11) is 0. The zero-order chi connectivity index (χ0) is 23.2. The lowest BCUT2D eigenvalue weighted by Crippen LogP contribution is -2.64. The molecule has 1 saturated carbocycles. The van der Waals surface area contributed by atoms with E-state index in [-0.39, 0.29) is 41.7 Å². The first-order chi connectivity index (χ1) is 14.2. The average molecular weight is 437 g/mol. The highest BCUT2D eigenvalue weighted by Crippen LogP contribution is 2.66. The molecule has 1 heterocycles. The van der Waals surface area contributed by atoms with Crippen LogP contribution in [-0.2, 0) is 19.1 Å². The molecule has 6 nitrogen and oxygen atoms in total. The summed E-state index contributed by atoms with van der Waals surface area (Å²) < 4.78 is 12.4. The number of carbonyl (C=O) groups excluding carboxylic acids is 1. The molecule has 0 bridgehead atoms. The van der Waals surface area contributed by atoms with Crippen LogP contribution < -0.4 is 0 Å². The molecule has 0 aromatic carbocycles. The number of hydrogen-bond acceptors (Lipinski definition) is 5. The van der Waals surface area contributed by atoms with E-state index in [1.807, 2.05) is 26.8 Å². The molecule has 31 heavy (non-hydrogen) atoms. The predicted octanol–water partition coefficient (Wildman–Crippen LogP) is 4.49. The Morgan fingerprint density at radius 3 is 2.45 bits per heavy atom. The van der Waals surface area contributed by atoms with Crippen LogP contribution in [0.1, 0.15) is 86.5 Å². The van der Waals surface area contributed by atoms with Crippen molar-refractivity contribution >= 4 is 11.9 Å². The fourth-order valence-corrected chi connectivity index (χ4v) is 6.93. The van der Waals surface area contributed by atoms with Crippen LogP contribution in [0.2, 0.25) is 0 Å². The predicted molar refractivity (Wildman–Crippen MR) is 117 cm³/mol. The minimum atomic E-state index is -0.880. The van der Waals surface area contributed by atoms with Crippen LogP contribution in [0.25, 0.3) is 0 Å². The molecule has 0 amide bonds. The van der Waals surface area contributed by atoms with Crippen molar-refractivity contribution in [1.82, 2.24) is 0 Å². The van der Waals surface area contributed by atoms with Gasteiger partial charge in [0, 0.05) is 17.8 Å². The maximum absolute atomic E-state index is 12.3. The van der Waals surface area contributed by atoms with E-state index in [2.05, 4.69) is 20.8 Å². The standard InChI is InChI=1S/C25H40O6/c1-16(2)12-20(29)30-15-17-13-18(26)21-22(3,4)8-7-9-24(21,6)25(17)11-10-23(5,31-25)14-19(27)28/h13,16,18,21,26H,7-12,14-15H2,1-6H3,(H,27,28). The number of hydrogen-bond donors (Lipinski definition) is 2. The summed E-state index contributed by atoms with van der Waals surface area (Å²) in [4.78, 5) is 23.8. The maximum Gasteiger partial charge on any atom is 0.306 e. The van der Waals surface area contributed by atoms with E-state index >= 15 is 0 Å². The number of aliphatic carboxylic acids is 1. The lowest BCUT2D eigenvalue weighted by Gasteiger charge is -2.62. The van der Waals surface area contributed by atoms with Crippen molar-refractivity contribution in [2.45, 2.75) is 104 Å². The molecule has 176 valence electrons. The van der Waals surface area contributed by atoms with Gasteiger partial charge in [-0.15, -0.1) is 0 Å². The molecule has 2 fully saturated rings. The summed E-state index contributed by atoms with van der Waals surface area (Å²) >= 11 is 0. The second-order valence-corrected chi connectivity index (χ2v) is 11.6. The van der Waals surface area contributed by atoms with Gasteiger partial charge in [-0.3, -0.25) is 9.59 Å². The summed E-state index contributed by atoms with van der Waals surface area (Å²) in [6.07, 6.45) is 5.69. The van der Waals surface area contributed by atoms with E-state index in [1.165, 1.54) is 0 Å². The third kappa shape index (κ3) is 4.30. The van der Waals surface area contributed by atoms with E-state index in [4.69, 9.17) is 9.47 Å². The first kappa shape index (κ1) is 24.2. The Morgan fingerprint density at radius 2 is 1.84 bits per heavy atom. The highest BCUT2D eigenvalue weighted by molar-refractivity contribution is 5.70. The Balaban J connectivity index is 2.02. The molecular formula is C25H40O6. The Hall–Kier alpha value is -1.40. The first-order valence-electron chi connectivity index (χ1n) is 11.7. The molecule has 0 radical (unpaired) electrons. The van der Waals surface area contributed by atoms with E-state index in [9.17, 15) is 19.8 Å². The molecule has 1 saturated heterocycles. The van der Waals surface area contributed by atoms with Gasteiger partial charge in [-0.25, -0.2) is 0 Å². The van der Waals surface area contributed by atoms with Gasteiger partial charge in [-0.05, 0) is 49.5 Å². The third-order valence-electron chi connectivity index (χ3n) is 8.12. The van der Waals surface area contributed by atoms with Crippen LogP contribution in [-0.4, -0.2) is 46.1 Å². The van der Waals surface area contributed by atoms with Crippen molar-refractivity contribution < 1.29 is 29.3 Å². The zero-order valence-electron chi connectivity index (χ0n) is 20.0. The molecule has 5 atom stereocenters. The molecule has 1 spiro atoms. The molecular weight excluding hydrogens is 396 g/mol. The summed E-state index contributed by atoms with van der Waals surface area (Å²) in [5.74, 6) is -0.955. The first-order valence-corrected chi connectivity index (χ1v) is 11.7. The van der Waals surface area contributed by atoms with Crippen molar-refractivity contribution in [3.05, 3.63) is 11.6 Å². The Morgan fingerprint density at radius 1 is 1.16 bits per heavy atom. The van der Waals surface area contributed by atoms with Crippen molar-refractivity contribution in [2.24, 2.45) is 22.7 Å². The quantitative estimate of drug-likeness (QED) is 0.471. The van der Waals surface area contributed by atoms with Gasteiger partial charge in [0.2, 0.25) is 0 Å². The molecule has 3 rings (SSSR count). The van der Waals surface area contributed by atoms with E-state index < -0.39 is 23.3 Å². The number of ether oxygens (including phenoxy) is 2. The van der Waals surface area contributed by atoms with Gasteiger partial charge in [0.1, 0.15) is 6.61 Å². The molecule has 0 aromatic heterocycles. The van der Waals surface area contributed by atoms with Gasteiger partial charge in [-0.2, -0.15) is 0 Å². The highest BCUT2D eigenvalue weighted by atomic mass is 16.5. The summed E-state index contributed by atoms with van der Waals surface area (Å²) in [6.45, 7) is 12.5. The molecule has 1 aliphatic heterocycles. The number of rotatable bonds is 6. The van der Waals surface area contributed by atoms with Crippen LogP contribution in [0.15, 0.2) is 11.6 Å². The van der Waals surface area contributed by atoms with Crippen molar-refractivity contribution in [3.63, 3.8) is 0 Å². The number of esters is 1. The molecule has 3 aliphatic rings. The molecule has 2 aliphatic carbocycles. The normalized spacial score (nSPS) is 39.3. The van der Waals surface area contributed by atoms with Gasteiger partial charge in [0.05, 0.1) is 23.7 Å². The lowest BCUT2D eigenvalue weighted by atomic mass is 9.46. The molecule has 5 unspecified atom stereocenters. The SMILES string of the molecule is CC(C)CC(=O)OCC1=CC(O)C2C(C)(C)CCCC2(C)C12CCC(C)(CC(=O)O)O2. The Kier molecular flexibility index (Phi) is 6.40. The maximum atomic E-state index is 12.3. The van der Waals surface area contributed by atoms with Crippen LogP contribution in [0.3, 0.4) is 0 Å². The van der Waals surface area contributed by atoms with Crippen molar-refractivity contribution in [3.8, 4) is 0 Å². The van der Waals surface area contributed by atoms with E-state index in [0.29, 0.717) is 19.3 Å². The van der Waals surface area contributed by atoms with Gasteiger partial charge in [0.15, 0.2) is 0 Å². The van der Waals surface area contributed by atoms with Crippen molar-refractivity contribution in [2.75, 3.05) is 6.61 Å². The summed E-state index contributed by atoms with van der Waals surface area (Å²) in [5.41, 5.74) is -1.19. The van der Waals surface area contributed by atoms with Crippen LogP contribution >= 0.6 is 0 Å². The van der Waals surface area contributed by atoms with Gasteiger partial charge >= 0.3 is 11.9 Å². The topological polar surface area (TPSA) is 93.1 Å². The van der Waals surface area contributed by atoms with Gasteiger partial charge < -0.3 is 19.7 Å². The van der Waals surface area contributed by atoms with Crippen LogP contribution in [0, 0.1) is 22.7 Å².